The van der Waals surface area contributed by atoms with Crippen LogP contribution in [0.2, 0.25) is 40.2 Å². The van der Waals surface area contributed by atoms with Crippen LogP contribution in [0.3, 0.4) is 0 Å². The first kappa shape index (κ1) is 30.9. The smallest absolute Gasteiger partial charge is 0.389 e. The molecule has 0 atom stereocenters. The van der Waals surface area contributed by atoms with Crippen LogP contribution >= 0.6 is 92.8 Å². The molecule has 6 heterocycles. The Morgan fingerprint density at radius 2 is 0.694 bits per heavy atom. The van der Waals surface area contributed by atoms with Gasteiger partial charge in [-0.25, -0.2) is 30.0 Å². The van der Waals surface area contributed by atoms with Crippen LogP contribution in [0, 0.1) is 0 Å². The molecule has 2 aromatic heterocycles. The van der Waals surface area contributed by atoms with E-state index in [2.05, 4.69) is 0 Å². The lowest BCUT2D eigenvalue weighted by Gasteiger charge is -2.11. The van der Waals surface area contributed by atoms with Crippen molar-refractivity contribution in [3.63, 3.8) is 0 Å². The second kappa shape index (κ2) is 10.8. The van der Waals surface area contributed by atoms with Crippen molar-refractivity contribution in [1.29, 1.82) is 0 Å². The Labute approximate surface area is 321 Å². The van der Waals surface area contributed by atoms with Gasteiger partial charge in [-0.15, -0.1) is 0 Å². The summed E-state index contributed by atoms with van der Waals surface area (Å²) in [5, 5.41) is 5.60. The van der Waals surface area contributed by atoms with Crippen LogP contribution in [0.15, 0.2) is 78.5 Å². The molecule has 6 bridgehead atoms. The van der Waals surface area contributed by atoms with E-state index in [1.165, 1.54) is 0 Å². The number of rotatable bonds is 0. The predicted molar refractivity (Wildman–Crippen MR) is 201 cm³/mol. The maximum Gasteiger partial charge on any atom is 0.568 e. The highest BCUT2D eigenvalue weighted by Gasteiger charge is 2.34. The SMILES string of the molecule is Clc1cc2c3[n]4c(c2cc1Cl)N=C1N=C(N=c2c5cc(Cl)c(Cl)cc5c([n]2[Al]4)=NC2=NC(=N3)c3c(Cl)ccc(Cl)c32)c2c(Cl)ccc(Cl)c21. The Kier molecular flexibility index (Phi) is 6.81. The third-order valence-corrected chi connectivity index (χ3v) is 12.7. The van der Waals surface area contributed by atoms with E-state index in [0.29, 0.717) is 130 Å². The Hall–Kier alpha value is -2.91. The highest BCUT2D eigenvalue weighted by Crippen LogP contribution is 2.45. The quantitative estimate of drug-likeness (QED) is 0.137. The van der Waals surface area contributed by atoms with Gasteiger partial charge in [-0.05, 0) is 48.5 Å². The van der Waals surface area contributed by atoms with Gasteiger partial charge in [0.1, 0.15) is 22.6 Å². The number of hydrogen-bond donors (Lipinski definition) is 0. The maximum atomic E-state index is 6.82. The molecule has 10 rings (SSSR count). The van der Waals surface area contributed by atoms with Gasteiger partial charge in [0.25, 0.3) is 0 Å². The number of aliphatic imine (C=N–C) groups is 4. The van der Waals surface area contributed by atoms with Gasteiger partial charge < -0.3 is 7.10 Å². The zero-order valence-corrected chi connectivity index (χ0v) is 31.0. The fourth-order valence-electron chi connectivity index (χ4n) is 6.47. The Morgan fingerprint density at radius 3 is 1.06 bits per heavy atom. The van der Waals surface area contributed by atoms with Crippen molar-refractivity contribution in [1.82, 2.24) is 7.10 Å². The molecule has 1 radical (unpaired) electrons. The number of hydrogen-bond acceptors (Lipinski definition) is 6. The van der Waals surface area contributed by atoms with E-state index < -0.39 is 15.7 Å². The topological polar surface area (TPSA) is 84.0 Å². The summed E-state index contributed by atoms with van der Waals surface area (Å²) in [7, 11) is 0. The molecule has 235 valence electrons. The second-order valence-electron chi connectivity index (χ2n) is 11.3. The van der Waals surface area contributed by atoms with Gasteiger partial charge in [0.2, 0.25) is 0 Å². The molecular formula is C32H8AlCl8N8. The minimum Gasteiger partial charge on any atom is -0.389 e. The minimum absolute atomic E-state index is 0.315. The summed E-state index contributed by atoms with van der Waals surface area (Å²) in [6, 6.07) is 13.8. The van der Waals surface area contributed by atoms with E-state index >= 15 is 0 Å². The molecule has 4 aliphatic rings. The Balaban J connectivity index is 1.50. The molecule has 6 aromatic rings. The molecule has 0 spiro atoms. The summed E-state index contributed by atoms with van der Waals surface area (Å²) in [4.78, 5) is 30.4. The lowest BCUT2D eigenvalue weighted by molar-refractivity contribution is 0.992. The number of fused-ring (bicyclic) bond motifs is 14. The lowest BCUT2D eigenvalue weighted by atomic mass is 10.1. The van der Waals surface area contributed by atoms with Crippen molar-refractivity contribution in [2.75, 3.05) is 0 Å². The summed E-state index contributed by atoms with van der Waals surface area (Å²) in [5.41, 5.74) is 3.15. The number of nitrogens with zero attached hydrogens (tertiary/aromatic N) is 8. The first-order valence-corrected chi connectivity index (χ1v) is 18.3. The van der Waals surface area contributed by atoms with Crippen LogP contribution in [0.1, 0.15) is 22.3 Å². The van der Waals surface area contributed by atoms with Crippen LogP contribution in [0.25, 0.3) is 21.5 Å². The van der Waals surface area contributed by atoms with Gasteiger partial charge >= 0.3 is 15.7 Å². The van der Waals surface area contributed by atoms with Crippen LogP contribution in [0.4, 0.5) is 11.6 Å². The standard InChI is InChI=1S/C32H8Cl8N8.Al/c33-13-1-2-14(34)22-21(13)29-43-25-9-5-17(37)18(38)6-10(9)27(41-25)45-31-23-15(35)3-4-16(36)24(23)32(48-31)46-28-12-8-20(40)19(39)7-11(12)26(42-28)44-30(22)47-29;/h1-8H;/q-2;+2. The van der Waals surface area contributed by atoms with Crippen molar-refractivity contribution in [2.24, 2.45) is 30.0 Å². The fraction of sp³-hybridized carbons (Fsp3) is 0. The Morgan fingerprint density at radius 1 is 0.367 bits per heavy atom. The molecule has 17 heteroatoms. The summed E-state index contributed by atoms with van der Waals surface area (Å²) in [6.07, 6.45) is 0. The van der Waals surface area contributed by atoms with Crippen molar-refractivity contribution in [3.8, 4) is 0 Å². The van der Waals surface area contributed by atoms with E-state index in [4.69, 9.17) is 123 Å². The summed E-state index contributed by atoms with van der Waals surface area (Å²) < 4.78 is 3.96. The van der Waals surface area contributed by atoms with Gasteiger partial charge in [0, 0.05) is 21.5 Å². The minimum atomic E-state index is -0.999. The van der Waals surface area contributed by atoms with E-state index in [0.717, 1.165) is 0 Å². The predicted octanol–water partition coefficient (Wildman–Crippen LogP) is 9.70. The average Bonchev–Trinajstić information content (AvgIpc) is 3.76. The van der Waals surface area contributed by atoms with Crippen molar-refractivity contribution in [2.45, 2.75) is 0 Å². The van der Waals surface area contributed by atoms with E-state index in [9.17, 15) is 0 Å². The van der Waals surface area contributed by atoms with Crippen molar-refractivity contribution in [3.05, 3.63) is 122 Å². The molecule has 4 aromatic carbocycles. The molecule has 0 fully saturated rings. The van der Waals surface area contributed by atoms with E-state index in [1.807, 2.05) is 7.10 Å². The van der Waals surface area contributed by atoms with Crippen LogP contribution in [0.5, 0.6) is 0 Å². The van der Waals surface area contributed by atoms with Crippen molar-refractivity contribution >= 4 is 165 Å². The second-order valence-corrected chi connectivity index (χ2v) is 15.8. The summed E-state index contributed by atoms with van der Waals surface area (Å²) in [5.74, 6) is 2.26. The van der Waals surface area contributed by atoms with Crippen LogP contribution < -0.4 is 11.0 Å². The fourth-order valence-corrected chi connectivity index (χ4v) is 9.55. The molecule has 4 aliphatic heterocycles. The molecular weight excluding hydrogens is 807 g/mol. The van der Waals surface area contributed by atoms with Gasteiger partial charge in [-0.1, -0.05) is 92.8 Å². The molecule has 0 saturated carbocycles. The van der Waals surface area contributed by atoms with Crippen LogP contribution in [-0.2, 0) is 0 Å². The highest BCUT2D eigenvalue weighted by molar-refractivity contribution is 6.46. The number of amidine groups is 4. The first-order valence-electron chi connectivity index (χ1n) is 14.2. The van der Waals surface area contributed by atoms with Crippen molar-refractivity contribution < 1.29 is 0 Å². The van der Waals surface area contributed by atoms with Gasteiger partial charge in [0.15, 0.2) is 23.3 Å². The lowest BCUT2D eigenvalue weighted by Crippen LogP contribution is -2.36. The molecule has 0 N–H and O–H groups in total. The van der Waals surface area contributed by atoms with Gasteiger partial charge in [-0.3, -0.25) is 0 Å². The molecule has 8 nitrogen and oxygen atoms in total. The zero-order chi connectivity index (χ0) is 33.6. The monoisotopic (exact) mass is 811 g/mol. The molecule has 0 unspecified atom stereocenters. The third-order valence-electron chi connectivity index (χ3n) is 8.60. The first-order chi connectivity index (χ1) is 23.6. The van der Waals surface area contributed by atoms with E-state index in [-0.39, 0.29) is 0 Å². The summed E-state index contributed by atoms with van der Waals surface area (Å²) >= 11 is 52.9. The van der Waals surface area contributed by atoms with E-state index in [1.54, 1.807) is 48.5 Å². The van der Waals surface area contributed by atoms with Gasteiger partial charge in [0.05, 0.1) is 62.4 Å². The Bertz CT molecular complexity index is 2710. The number of halogens is 8. The largest absolute Gasteiger partial charge is 0.568 e. The third kappa shape index (κ3) is 4.33. The molecule has 0 aliphatic carbocycles. The average molecular weight is 815 g/mol. The number of aromatic nitrogens is 2. The summed E-state index contributed by atoms with van der Waals surface area (Å²) in [6.45, 7) is 0. The zero-order valence-electron chi connectivity index (χ0n) is 23.8. The number of benzene rings is 4. The normalized spacial score (nSPS) is 15.1. The van der Waals surface area contributed by atoms with Crippen LogP contribution in [-0.4, -0.2) is 46.1 Å². The molecule has 49 heavy (non-hydrogen) atoms. The maximum absolute atomic E-state index is 6.82. The molecule has 0 amide bonds. The van der Waals surface area contributed by atoms with Gasteiger partial charge in [-0.2, -0.15) is 0 Å². The molecule has 0 saturated heterocycles. The highest BCUT2D eigenvalue weighted by atomic mass is 35.5.